The number of allylic oxidation sites excluding steroid dienone is 8. The predicted molar refractivity (Wildman–Crippen MR) is 203 cm³/mol. The second-order valence-corrected chi connectivity index (χ2v) is 13.3. The van der Waals surface area contributed by atoms with Crippen molar-refractivity contribution in [3.05, 3.63) is 48.6 Å². The van der Waals surface area contributed by atoms with Crippen LogP contribution >= 0.6 is 0 Å². The molecule has 0 aliphatic rings. The molecule has 0 bridgehead atoms. The van der Waals surface area contributed by atoms with Crippen molar-refractivity contribution in [1.29, 1.82) is 0 Å². The molecule has 0 fully saturated rings. The number of nitrogens with zero attached hydrogens (tertiary/aromatic N) is 1. The Labute approximate surface area is 291 Å². The summed E-state index contributed by atoms with van der Waals surface area (Å²) in [5, 5.41) is 0. The molecule has 0 saturated heterocycles. The van der Waals surface area contributed by atoms with E-state index in [4.69, 9.17) is 9.47 Å². The molecule has 0 aromatic carbocycles. The van der Waals surface area contributed by atoms with Crippen LogP contribution in [0.3, 0.4) is 0 Å². The first-order chi connectivity index (χ1) is 23.0. The van der Waals surface area contributed by atoms with Gasteiger partial charge in [-0.25, -0.2) is 0 Å². The van der Waals surface area contributed by atoms with Crippen molar-refractivity contribution in [2.45, 2.75) is 168 Å². The molecular formula is C42H75NO4. The zero-order valence-corrected chi connectivity index (χ0v) is 31.4. The second kappa shape index (κ2) is 36.7. The maximum Gasteiger partial charge on any atom is 0.320 e. The highest BCUT2D eigenvalue weighted by molar-refractivity contribution is 5.94. The van der Waals surface area contributed by atoms with Gasteiger partial charge in [0.25, 0.3) is 0 Å². The zero-order valence-electron chi connectivity index (χ0n) is 31.4. The zero-order chi connectivity index (χ0) is 34.5. The highest BCUT2D eigenvalue weighted by Gasteiger charge is 2.29. The second-order valence-electron chi connectivity index (χ2n) is 13.3. The Morgan fingerprint density at radius 2 is 0.851 bits per heavy atom. The fourth-order valence-electron chi connectivity index (χ4n) is 5.26. The molecule has 0 heterocycles. The highest BCUT2D eigenvalue weighted by atomic mass is 16.6. The fraction of sp³-hybridized carbons (Fsp3) is 0.762. The Bertz CT molecular complexity index is 813. The van der Waals surface area contributed by atoms with E-state index < -0.39 is 17.9 Å². The Morgan fingerprint density at radius 3 is 1.26 bits per heavy atom. The van der Waals surface area contributed by atoms with Gasteiger partial charge in [0.05, 0.1) is 13.2 Å². The molecule has 0 aliphatic heterocycles. The summed E-state index contributed by atoms with van der Waals surface area (Å²) in [5.74, 6) is -1.69. The van der Waals surface area contributed by atoms with E-state index in [-0.39, 0.29) is 0 Å². The molecular weight excluding hydrogens is 582 g/mol. The molecule has 272 valence electrons. The summed E-state index contributed by atoms with van der Waals surface area (Å²) >= 11 is 0. The average Bonchev–Trinajstić information content (AvgIpc) is 3.05. The van der Waals surface area contributed by atoms with E-state index in [2.05, 4.69) is 62.5 Å². The molecule has 0 spiro atoms. The molecule has 5 heteroatoms. The van der Waals surface area contributed by atoms with Gasteiger partial charge in [0.1, 0.15) is 0 Å². The smallest absolute Gasteiger partial charge is 0.320 e. The van der Waals surface area contributed by atoms with Crippen LogP contribution in [0.5, 0.6) is 0 Å². The van der Waals surface area contributed by atoms with Crippen molar-refractivity contribution in [1.82, 2.24) is 4.90 Å². The minimum absolute atomic E-state index is 0.380. The van der Waals surface area contributed by atoms with Crippen molar-refractivity contribution < 1.29 is 19.1 Å². The number of esters is 2. The first-order valence-electron chi connectivity index (χ1n) is 19.6. The van der Waals surface area contributed by atoms with Crippen molar-refractivity contribution >= 4 is 11.9 Å². The first kappa shape index (κ1) is 44.9. The molecule has 0 rings (SSSR count). The Morgan fingerprint density at radius 1 is 0.489 bits per heavy atom. The molecule has 0 saturated carbocycles. The number of carbonyl (C=O) groups is 2. The number of ether oxygens (including phenoxy) is 2. The van der Waals surface area contributed by atoms with Gasteiger partial charge in [-0.15, -0.1) is 0 Å². The minimum atomic E-state index is -0.832. The van der Waals surface area contributed by atoms with E-state index in [1.165, 1.54) is 83.5 Å². The lowest BCUT2D eigenvalue weighted by Crippen LogP contribution is -2.31. The third-order valence-electron chi connectivity index (χ3n) is 8.36. The standard InChI is InChI=1S/C42H75NO4/c1-5-7-9-11-13-15-17-19-21-23-25-27-29-31-33-35-39-47-42(45)40(36-37-43(3)4)41(44)46-38-34-32-30-28-26-24-22-20-18-16-14-12-10-8-6-2/h12-15,18-21,40H,5-11,16-17,22-39H2,1-4H3/b14-12-,15-13-,20-18-,21-19-. The molecule has 0 aromatic rings. The van der Waals surface area contributed by atoms with Crippen LogP contribution in [0.1, 0.15) is 168 Å². The summed E-state index contributed by atoms with van der Waals surface area (Å²) in [5.41, 5.74) is 0. The Kier molecular flexibility index (Phi) is 35.0. The monoisotopic (exact) mass is 658 g/mol. The number of carbonyl (C=O) groups excluding carboxylic acids is 2. The van der Waals surface area contributed by atoms with Crippen LogP contribution in [0.4, 0.5) is 0 Å². The SMILES string of the molecule is CCCC/C=C\C/C=C\CCCCCCCCOC(=O)C(CCN(C)C)C(=O)OCCCCCCCC/C=C\C/C=C\CCCCC. The maximum atomic E-state index is 12.8. The molecule has 47 heavy (non-hydrogen) atoms. The Balaban J connectivity index is 3.93. The van der Waals surface area contributed by atoms with Gasteiger partial charge < -0.3 is 14.4 Å². The molecule has 5 nitrogen and oxygen atoms in total. The van der Waals surface area contributed by atoms with E-state index in [1.54, 1.807) is 0 Å². The molecule has 0 aromatic heterocycles. The van der Waals surface area contributed by atoms with Gasteiger partial charge in [-0.1, -0.05) is 140 Å². The summed E-state index contributed by atoms with van der Waals surface area (Å²) in [4.78, 5) is 27.5. The number of hydrogen-bond acceptors (Lipinski definition) is 5. The molecule has 0 radical (unpaired) electrons. The largest absolute Gasteiger partial charge is 0.465 e. The molecule has 0 aliphatic carbocycles. The van der Waals surface area contributed by atoms with Crippen LogP contribution in [-0.2, 0) is 19.1 Å². The maximum absolute atomic E-state index is 12.8. The lowest BCUT2D eigenvalue weighted by molar-refractivity contribution is -0.162. The predicted octanol–water partition coefficient (Wildman–Crippen LogP) is 11.9. The summed E-state index contributed by atoms with van der Waals surface area (Å²) in [6.45, 7) is 5.88. The van der Waals surface area contributed by atoms with Crippen molar-refractivity contribution in [3.63, 3.8) is 0 Å². The van der Waals surface area contributed by atoms with E-state index in [9.17, 15) is 9.59 Å². The molecule has 0 N–H and O–H groups in total. The molecule has 1 unspecified atom stereocenters. The average molecular weight is 658 g/mol. The van der Waals surface area contributed by atoms with Gasteiger partial charge in [-0.05, 0) is 97.7 Å². The number of rotatable bonds is 34. The highest BCUT2D eigenvalue weighted by Crippen LogP contribution is 2.14. The number of unbranched alkanes of at least 4 members (excludes halogenated alkanes) is 17. The summed E-state index contributed by atoms with van der Waals surface area (Å²) in [6, 6.07) is 0. The van der Waals surface area contributed by atoms with Crippen LogP contribution in [-0.4, -0.2) is 50.7 Å². The van der Waals surface area contributed by atoms with Crippen molar-refractivity contribution in [2.75, 3.05) is 33.9 Å². The van der Waals surface area contributed by atoms with Crippen molar-refractivity contribution in [3.8, 4) is 0 Å². The van der Waals surface area contributed by atoms with Crippen LogP contribution in [0, 0.1) is 5.92 Å². The van der Waals surface area contributed by atoms with Crippen LogP contribution < -0.4 is 0 Å². The van der Waals surface area contributed by atoms with E-state index >= 15 is 0 Å². The summed E-state index contributed by atoms with van der Waals surface area (Å²) < 4.78 is 11.1. The lowest BCUT2D eigenvalue weighted by Gasteiger charge is -2.17. The lowest BCUT2D eigenvalue weighted by atomic mass is 10.1. The van der Waals surface area contributed by atoms with Gasteiger partial charge in [-0.2, -0.15) is 0 Å². The molecule has 1 atom stereocenters. The fourth-order valence-corrected chi connectivity index (χ4v) is 5.26. The first-order valence-corrected chi connectivity index (χ1v) is 19.6. The van der Waals surface area contributed by atoms with Crippen LogP contribution in [0.15, 0.2) is 48.6 Å². The van der Waals surface area contributed by atoms with Gasteiger partial charge in [0.2, 0.25) is 0 Å². The topological polar surface area (TPSA) is 55.8 Å². The van der Waals surface area contributed by atoms with E-state index in [1.807, 2.05) is 19.0 Å². The summed E-state index contributed by atoms with van der Waals surface area (Å²) in [6.07, 6.45) is 45.5. The quantitative estimate of drug-likeness (QED) is 0.0298. The third-order valence-corrected chi connectivity index (χ3v) is 8.36. The number of hydrogen-bond donors (Lipinski definition) is 0. The van der Waals surface area contributed by atoms with Gasteiger partial charge in [-0.3, -0.25) is 9.59 Å². The van der Waals surface area contributed by atoms with Crippen LogP contribution in [0.25, 0.3) is 0 Å². The van der Waals surface area contributed by atoms with E-state index in [0.717, 1.165) is 64.2 Å². The normalized spacial score (nSPS) is 12.8. The van der Waals surface area contributed by atoms with Crippen LogP contribution in [0.2, 0.25) is 0 Å². The minimum Gasteiger partial charge on any atom is -0.465 e. The van der Waals surface area contributed by atoms with Gasteiger partial charge in [0, 0.05) is 0 Å². The Hall–Kier alpha value is -2.14. The van der Waals surface area contributed by atoms with Gasteiger partial charge >= 0.3 is 11.9 Å². The van der Waals surface area contributed by atoms with Crippen molar-refractivity contribution in [2.24, 2.45) is 5.92 Å². The van der Waals surface area contributed by atoms with Gasteiger partial charge in [0.15, 0.2) is 5.92 Å². The summed E-state index contributed by atoms with van der Waals surface area (Å²) in [7, 11) is 3.89. The van der Waals surface area contributed by atoms with E-state index in [0.29, 0.717) is 26.2 Å². The third kappa shape index (κ3) is 33.6. The molecule has 0 amide bonds.